The predicted molar refractivity (Wildman–Crippen MR) is 65.9 cm³/mol. The summed E-state index contributed by atoms with van der Waals surface area (Å²) in [5.41, 5.74) is 1.50. The van der Waals surface area contributed by atoms with Crippen molar-refractivity contribution in [2.24, 2.45) is 7.05 Å². The third kappa shape index (κ3) is 3.06. The van der Waals surface area contributed by atoms with Gasteiger partial charge in [0.05, 0.1) is 5.69 Å². The zero-order chi connectivity index (χ0) is 12.3. The van der Waals surface area contributed by atoms with E-state index in [2.05, 4.69) is 15.7 Å². The van der Waals surface area contributed by atoms with Gasteiger partial charge in [-0.3, -0.25) is 9.48 Å². The first kappa shape index (κ1) is 12.1. The van der Waals surface area contributed by atoms with Crippen molar-refractivity contribution in [2.45, 2.75) is 32.2 Å². The Morgan fingerprint density at radius 1 is 1.59 bits per heavy atom. The molecule has 17 heavy (non-hydrogen) atoms. The minimum Gasteiger partial charge on any atom is -0.347 e. The van der Waals surface area contributed by atoms with Gasteiger partial charge in [-0.05, 0) is 32.4 Å². The SMILES string of the molecule is Cc1cc(C(=O)NC2CCCCNC2)n(C)n1. The molecular weight excluding hydrogens is 216 g/mol. The van der Waals surface area contributed by atoms with Crippen LogP contribution < -0.4 is 10.6 Å². The maximum atomic E-state index is 12.1. The standard InChI is InChI=1S/C12H20N4O/c1-9-7-11(16(2)15-9)12(17)14-10-5-3-4-6-13-8-10/h7,10,13H,3-6,8H2,1-2H3,(H,14,17). The molecule has 0 aromatic carbocycles. The van der Waals surface area contributed by atoms with Gasteiger partial charge in [0.1, 0.15) is 5.69 Å². The van der Waals surface area contributed by atoms with Crippen LogP contribution in [0.3, 0.4) is 0 Å². The molecule has 94 valence electrons. The molecule has 1 aromatic heterocycles. The van der Waals surface area contributed by atoms with E-state index in [4.69, 9.17) is 0 Å². The Balaban J connectivity index is 1.98. The molecule has 1 aliphatic rings. The molecule has 1 fully saturated rings. The normalized spacial score (nSPS) is 20.9. The maximum Gasteiger partial charge on any atom is 0.269 e. The summed E-state index contributed by atoms with van der Waals surface area (Å²) in [7, 11) is 1.80. The van der Waals surface area contributed by atoms with Gasteiger partial charge in [-0.2, -0.15) is 5.10 Å². The first-order chi connectivity index (χ1) is 8.16. The highest BCUT2D eigenvalue weighted by Gasteiger charge is 2.17. The first-order valence-corrected chi connectivity index (χ1v) is 6.19. The summed E-state index contributed by atoms with van der Waals surface area (Å²) < 4.78 is 1.63. The van der Waals surface area contributed by atoms with E-state index in [0.717, 1.165) is 25.2 Å². The lowest BCUT2D eigenvalue weighted by Gasteiger charge is -2.16. The van der Waals surface area contributed by atoms with Gasteiger partial charge in [0.15, 0.2) is 0 Å². The zero-order valence-electron chi connectivity index (χ0n) is 10.5. The second kappa shape index (κ2) is 5.31. The Hall–Kier alpha value is -1.36. The number of nitrogens with one attached hydrogen (secondary N) is 2. The van der Waals surface area contributed by atoms with E-state index in [1.54, 1.807) is 11.7 Å². The van der Waals surface area contributed by atoms with Gasteiger partial charge >= 0.3 is 0 Å². The molecule has 1 amide bonds. The zero-order valence-corrected chi connectivity index (χ0v) is 10.5. The van der Waals surface area contributed by atoms with Crippen LogP contribution in [0, 0.1) is 6.92 Å². The van der Waals surface area contributed by atoms with E-state index >= 15 is 0 Å². The van der Waals surface area contributed by atoms with Crippen LogP contribution in [0.15, 0.2) is 6.07 Å². The largest absolute Gasteiger partial charge is 0.347 e. The minimum absolute atomic E-state index is 0.0261. The van der Waals surface area contributed by atoms with Crippen LogP contribution in [0.1, 0.15) is 35.4 Å². The fourth-order valence-corrected chi connectivity index (χ4v) is 2.22. The topological polar surface area (TPSA) is 59.0 Å². The summed E-state index contributed by atoms with van der Waals surface area (Å²) in [6.45, 7) is 3.81. The van der Waals surface area contributed by atoms with E-state index in [9.17, 15) is 4.79 Å². The number of nitrogens with zero attached hydrogens (tertiary/aromatic N) is 2. The van der Waals surface area contributed by atoms with Gasteiger partial charge in [-0.15, -0.1) is 0 Å². The number of carbonyl (C=O) groups is 1. The smallest absolute Gasteiger partial charge is 0.269 e. The Morgan fingerprint density at radius 2 is 2.41 bits per heavy atom. The van der Waals surface area contributed by atoms with E-state index in [1.165, 1.54) is 12.8 Å². The van der Waals surface area contributed by atoms with E-state index in [0.29, 0.717) is 5.69 Å². The Bertz CT molecular complexity index is 391. The van der Waals surface area contributed by atoms with E-state index in [-0.39, 0.29) is 11.9 Å². The fourth-order valence-electron chi connectivity index (χ4n) is 2.22. The van der Waals surface area contributed by atoms with Gasteiger partial charge in [0.2, 0.25) is 0 Å². The lowest BCUT2D eigenvalue weighted by molar-refractivity contribution is 0.0926. The summed E-state index contributed by atoms with van der Waals surface area (Å²) in [6.07, 6.45) is 3.41. The van der Waals surface area contributed by atoms with Crippen LogP contribution in [0.4, 0.5) is 0 Å². The summed E-state index contributed by atoms with van der Waals surface area (Å²) >= 11 is 0. The molecule has 0 saturated carbocycles. The van der Waals surface area contributed by atoms with Crippen LogP contribution in [-0.4, -0.2) is 34.8 Å². The molecule has 0 spiro atoms. The number of amides is 1. The molecule has 1 aromatic rings. The van der Waals surface area contributed by atoms with Crippen molar-refractivity contribution < 1.29 is 4.79 Å². The van der Waals surface area contributed by atoms with Gasteiger partial charge in [0.25, 0.3) is 5.91 Å². The molecule has 1 aliphatic heterocycles. The Kier molecular flexibility index (Phi) is 3.78. The van der Waals surface area contributed by atoms with E-state index < -0.39 is 0 Å². The molecule has 5 nitrogen and oxygen atoms in total. The van der Waals surface area contributed by atoms with Gasteiger partial charge < -0.3 is 10.6 Å². The molecule has 0 bridgehead atoms. The van der Waals surface area contributed by atoms with Crippen molar-refractivity contribution in [3.63, 3.8) is 0 Å². The van der Waals surface area contributed by atoms with Crippen molar-refractivity contribution >= 4 is 5.91 Å². The van der Waals surface area contributed by atoms with Crippen LogP contribution in [0.5, 0.6) is 0 Å². The molecular formula is C12H20N4O. The molecule has 2 N–H and O–H groups in total. The lowest BCUT2D eigenvalue weighted by atomic mass is 10.1. The van der Waals surface area contributed by atoms with Crippen molar-refractivity contribution in [1.82, 2.24) is 20.4 Å². The number of carbonyl (C=O) groups excluding carboxylic acids is 1. The first-order valence-electron chi connectivity index (χ1n) is 6.19. The van der Waals surface area contributed by atoms with Gasteiger partial charge in [-0.25, -0.2) is 0 Å². The number of hydrogen-bond donors (Lipinski definition) is 2. The summed E-state index contributed by atoms with van der Waals surface area (Å²) in [5.74, 6) is -0.0261. The van der Waals surface area contributed by atoms with Crippen molar-refractivity contribution in [3.8, 4) is 0 Å². The highest BCUT2D eigenvalue weighted by atomic mass is 16.2. The number of hydrogen-bond acceptors (Lipinski definition) is 3. The van der Waals surface area contributed by atoms with Crippen molar-refractivity contribution in [2.75, 3.05) is 13.1 Å². The Labute approximate surface area is 102 Å². The summed E-state index contributed by atoms with van der Waals surface area (Å²) in [5, 5.41) is 10.6. The quantitative estimate of drug-likeness (QED) is 0.790. The van der Waals surface area contributed by atoms with E-state index in [1.807, 2.05) is 13.0 Å². The highest BCUT2D eigenvalue weighted by Crippen LogP contribution is 2.06. The maximum absolute atomic E-state index is 12.1. The molecule has 2 heterocycles. The molecule has 0 radical (unpaired) electrons. The molecule has 1 saturated heterocycles. The van der Waals surface area contributed by atoms with Crippen LogP contribution >= 0.6 is 0 Å². The van der Waals surface area contributed by atoms with Gasteiger partial charge in [-0.1, -0.05) is 6.42 Å². The molecule has 1 unspecified atom stereocenters. The number of rotatable bonds is 2. The fraction of sp³-hybridized carbons (Fsp3) is 0.667. The van der Waals surface area contributed by atoms with Crippen LogP contribution in [-0.2, 0) is 7.05 Å². The average Bonchev–Trinajstić information content (AvgIpc) is 2.51. The third-order valence-electron chi connectivity index (χ3n) is 3.12. The molecule has 1 atom stereocenters. The summed E-state index contributed by atoms with van der Waals surface area (Å²) in [4.78, 5) is 12.1. The minimum atomic E-state index is -0.0261. The van der Waals surface area contributed by atoms with Crippen LogP contribution in [0.2, 0.25) is 0 Å². The summed E-state index contributed by atoms with van der Waals surface area (Å²) in [6, 6.07) is 2.06. The number of aryl methyl sites for hydroxylation is 2. The average molecular weight is 236 g/mol. The monoisotopic (exact) mass is 236 g/mol. The van der Waals surface area contributed by atoms with Gasteiger partial charge in [0, 0.05) is 19.6 Å². The Morgan fingerprint density at radius 3 is 3.12 bits per heavy atom. The highest BCUT2D eigenvalue weighted by molar-refractivity contribution is 5.92. The van der Waals surface area contributed by atoms with Crippen molar-refractivity contribution in [1.29, 1.82) is 0 Å². The predicted octanol–water partition coefficient (Wildman–Crippen LogP) is 0.600. The molecule has 0 aliphatic carbocycles. The van der Waals surface area contributed by atoms with Crippen LogP contribution in [0.25, 0.3) is 0 Å². The molecule has 5 heteroatoms. The van der Waals surface area contributed by atoms with Crippen molar-refractivity contribution in [3.05, 3.63) is 17.5 Å². The molecule has 2 rings (SSSR count). The second-order valence-corrected chi connectivity index (χ2v) is 4.66. The second-order valence-electron chi connectivity index (χ2n) is 4.66. The number of aromatic nitrogens is 2. The lowest BCUT2D eigenvalue weighted by Crippen LogP contribution is -2.41. The third-order valence-corrected chi connectivity index (χ3v) is 3.12.